The second-order valence-corrected chi connectivity index (χ2v) is 6.32. The molecule has 2 amide bonds. The van der Waals surface area contributed by atoms with Gasteiger partial charge >= 0.3 is 6.03 Å². The minimum atomic E-state index is -0.291. The first-order chi connectivity index (χ1) is 10.5. The number of rotatable bonds is 4. The van der Waals surface area contributed by atoms with Gasteiger partial charge in [-0.2, -0.15) is 0 Å². The first-order valence-corrected chi connectivity index (χ1v) is 7.89. The molecule has 22 heavy (non-hydrogen) atoms. The van der Waals surface area contributed by atoms with E-state index in [-0.39, 0.29) is 6.03 Å². The number of amides is 2. The van der Waals surface area contributed by atoms with Crippen LogP contribution in [0.2, 0.25) is 5.02 Å². The van der Waals surface area contributed by atoms with E-state index in [1.54, 1.807) is 12.1 Å². The average Bonchev–Trinajstić information content (AvgIpc) is 2.48. The lowest BCUT2D eigenvalue weighted by Gasteiger charge is -2.13. The summed E-state index contributed by atoms with van der Waals surface area (Å²) >= 11 is 9.38. The molecule has 4 nitrogen and oxygen atoms in total. The molecule has 0 bridgehead atoms. The van der Waals surface area contributed by atoms with E-state index in [9.17, 15) is 4.79 Å². The van der Waals surface area contributed by atoms with Gasteiger partial charge in [-0.05, 0) is 35.9 Å². The summed E-state index contributed by atoms with van der Waals surface area (Å²) in [6.45, 7) is 0.452. The Morgan fingerprint density at radius 2 is 1.86 bits per heavy atom. The zero-order valence-electron chi connectivity index (χ0n) is 12.4. The number of urea groups is 1. The largest absolute Gasteiger partial charge is 0.378 e. The first-order valence-electron chi connectivity index (χ1n) is 6.72. The molecule has 0 aliphatic carbocycles. The third kappa shape index (κ3) is 4.64. The highest BCUT2D eigenvalue weighted by molar-refractivity contribution is 9.10. The van der Waals surface area contributed by atoms with Gasteiger partial charge in [-0.3, -0.25) is 0 Å². The predicted molar refractivity (Wildman–Crippen MR) is 95.8 cm³/mol. The van der Waals surface area contributed by atoms with Crippen LogP contribution in [0.1, 0.15) is 5.56 Å². The van der Waals surface area contributed by atoms with Crippen LogP contribution in [0.3, 0.4) is 0 Å². The van der Waals surface area contributed by atoms with Gasteiger partial charge in [0.05, 0.1) is 10.7 Å². The van der Waals surface area contributed by atoms with E-state index in [4.69, 9.17) is 11.6 Å². The van der Waals surface area contributed by atoms with Gasteiger partial charge in [0.2, 0.25) is 0 Å². The van der Waals surface area contributed by atoms with E-state index < -0.39 is 0 Å². The third-order valence-corrected chi connectivity index (χ3v) is 3.89. The number of halogens is 2. The SMILES string of the molecule is CN(C)c1ccc(CNC(=O)Nc2ccc(Br)cc2Cl)cc1. The van der Waals surface area contributed by atoms with Gasteiger partial charge in [0.1, 0.15) is 0 Å². The van der Waals surface area contributed by atoms with Gasteiger partial charge in [0, 0.05) is 30.8 Å². The lowest BCUT2D eigenvalue weighted by molar-refractivity contribution is 0.251. The van der Waals surface area contributed by atoms with Crippen LogP contribution in [-0.2, 0) is 6.54 Å². The van der Waals surface area contributed by atoms with E-state index in [0.717, 1.165) is 15.7 Å². The van der Waals surface area contributed by atoms with Crippen molar-refractivity contribution in [1.82, 2.24) is 5.32 Å². The van der Waals surface area contributed by atoms with Crippen molar-refractivity contribution >= 4 is 44.9 Å². The Morgan fingerprint density at radius 3 is 2.45 bits per heavy atom. The van der Waals surface area contributed by atoms with Gasteiger partial charge in [-0.25, -0.2) is 4.79 Å². The van der Waals surface area contributed by atoms with Crippen molar-refractivity contribution in [1.29, 1.82) is 0 Å². The molecule has 2 N–H and O–H groups in total. The molecule has 6 heteroatoms. The van der Waals surface area contributed by atoms with Crippen LogP contribution in [0, 0.1) is 0 Å². The van der Waals surface area contributed by atoms with Crippen molar-refractivity contribution in [2.45, 2.75) is 6.54 Å². The molecule has 0 saturated carbocycles. The molecule has 0 saturated heterocycles. The van der Waals surface area contributed by atoms with E-state index >= 15 is 0 Å². The maximum Gasteiger partial charge on any atom is 0.319 e. The Kier molecular flexibility index (Phi) is 5.69. The molecule has 0 atom stereocenters. The van der Waals surface area contributed by atoms with E-state index in [2.05, 4.69) is 26.6 Å². The molecular weight excluding hydrogens is 366 g/mol. The smallest absolute Gasteiger partial charge is 0.319 e. The molecule has 0 fully saturated rings. The van der Waals surface area contributed by atoms with Gasteiger partial charge in [0.15, 0.2) is 0 Å². The van der Waals surface area contributed by atoms with E-state index in [0.29, 0.717) is 17.3 Å². The van der Waals surface area contributed by atoms with Crippen LogP contribution in [-0.4, -0.2) is 20.1 Å². The fraction of sp³-hybridized carbons (Fsp3) is 0.188. The van der Waals surface area contributed by atoms with Crippen molar-refractivity contribution in [2.24, 2.45) is 0 Å². The highest BCUT2D eigenvalue weighted by atomic mass is 79.9. The minimum absolute atomic E-state index is 0.291. The number of benzene rings is 2. The number of nitrogens with one attached hydrogen (secondary N) is 2. The third-order valence-electron chi connectivity index (χ3n) is 3.09. The number of hydrogen-bond acceptors (Lipinski definition) is 2. The van der Waals surface area contributed by atoms with Gasteiger partial charge in [0.25, 0.3) is 0 Å². The van der Waals surface area contributed by atoms with Gasteiger partial charge < -0.3 is 15.5 Å². The van der Waals surface area contributed by atoms with E-state index in [1.165, 1.54) is 0 Å². The molecule has 0 aromatic heterocycles. The normalized spacial score (nSPS) is 10.2. The molecule has 116 valence electrons. The standard InChI is InChI=1S/C16H17BrClN3O/c1-21(2)13-6-3-11(4-7-13)10-19-16(22)20-15-8-5-12(17)9-14(15)18/h3-9H,10H2,1-2H3,(H2,19,20,22). The van der Waals surface area contributed by atoms with Crippen LogP contribution in [0.5, 0.6) is 0 Å². The minimum Gasteiger partial charge on any atom is -0.378 e. The monoisotopic (exact) mass is 381 g/mol. The Hall–Kier alpha value is -1.72. The zero-order valence-corrected chi connectivity index (χ0v) is 14.7. The molecule has 0 heterocycles. The summed E-state index contributed by atoms with van der Waals surface area (Å²) in [5.41, 5.74) is 2.72. The summed E-state index contributed by atoms with van der Waals surface area (Å²) in [5, 5.41) is 6.02. The number of nitrogens with zero attached hydrogens (tertiary/aromatic N) is 1. The summed E-state index contributed by atoms with van der Waals surface area (Å²) in [7, 11) is 3.98. The maximum absolute atomic E-state index is 11.9. The van der Waals surface area contributed by atoms with Crippen LogP contribution in [0.4, 0.5) is 16.2 Å². The quantitative estimate of drug-likeness (QED) is 0.818. The summed E-state index contributed by atoms with van der Waals surface area (Å²) in [5.74, 6) is 0. The number of carbonyl (C=O) groups is 1. The predicted octanol–water partition coefficient (Wildman–Crippen LogP) is 4.49. The fourth-order valence-corrected chi connectivity index (χ4v) is 2.57. The summed E-state index contributed by atoms with van der Waals surface area (Å²) < 4.78 is 0.865. The first kappa shape index (κ1) is 16.6. The molecule has 0 aliphatic heterocycles. The van der Waals surface area contributed by atoms with Gasteiger partial charge in [-0.15, -0.1) is 0 Å². The molecule has 0 unspecified atom stereocenters. The topological polar surface area (TPSA) is 44.4 Å². The summed E-state index contributed by atoms with van der Waals surface area (Å²) in [6, 6.07) is 13.0. The lowest BCUT2D eigenvalue weighted by atomic mass is 10.2. The van der Waals surface area contributed by atoms with Crippen molar-refractivity contribution in [2.75, 3.05) is 24.3 Å². The van der Waals surface area contributed by atoms with Crippen molar-refractivity contribution in [3.05, 3.63) is 57.5 Å². The Labute approximate surface area is 143 Å². The highest BCUT2D eigenvalue weighted by Crippen LogP contribution is 2.25. The van der Waals surface area contributed by atoms with Crippen LogP contribution in [0.25, 0.3) is 0 Å². The lowest BCUT2D eigenvalue weighted by Crippen LogP contribution is -2.28. The second kappa shape index (κ2) is 7.51. The molecule has 2 rings (SSSR count). The number of hydrogen-bond donors (Lipinski definition) is 2. The summed E-state index contributed by atoms with van der Waals surface area (Å²) in [4.78, 5) is 13.9. The number of anilines is 2. The molecule has 0 spiro atoms. The average molecular weight is 383 g/mol. The van der Waals surface area contributed by atoms with Crippen molar-refractivity contribution in [3.8, 4) is 0 Å². The molecular formula is C16H17BrClN3O. The highest BCUT2D eigenvalue weighted by Gasteiger charge is 2.06. The zero-order chi connectivity index (χ0) is 16.1. The Bertz CT molecular complexity index is 659. The molecule has 0 aliphatic rings. The molecule has 2 aromatic carbocycles. The van der Waals surface area contributed by atoms with Crippen LogP contribution in [0.15, 0.2) is 46.9 Å². The second-order valence-electron chi connectivity index (χ2n) is 4.99. The van der Waals surface area contributed by atoms with E-state index in [1.807, 2.05) is 49.3 Å². The molecule has 0 radical (unpaired) electrons. The summed E-state index contributed by atoms with van der Waals surface area (Å²) in [6.07, 6.45) is 0. The van der Waals surface area contributed by atoms with Crippen LogP contribution < -0.4 is 15.5 Å². The van der Waals surface area contributed by atoms with Crippen molar-refractivity contribution in [3.63, 3.8) is 0 Å². The molecule has 2 aromatic rings. The fourth-order valence-electron chi connectivity index (χ4n) is 1.85. The maximum atomic E-state index is 11.9. The Morgan fingerprint density at radius 1 is 1.18 bits per heavy atom. The van der Waals surface area contributed by atoms with Crippen LogP contribution >= 0.6 is 27.5 Å². The Balaban J connectivity index is 1.89. The van der Waals surface area contributed by atoms with Crippen molar-refractivity contribution < 1.29 is 4.79 Å². The van der Waals surface area contributed by atoms with Gasteiger partial charge in [-0.1, -0.05) is 39.7 Å². The number of carbonyl (C=O) groups excluding carboxylic acids is 1.